The van der Waals surface area contributed by atoms with E-state index < -0.39 is 21.9 Å². The van der Waals surface area contributed by atoms with Gasteiger partial charge in [0.25, 0.3) is 0 Å². The Morgan fingerprint density at radius 1 is 1.33 bits per heavy atom. The molecule has 0 unspecified atom stereocenters. The zero-order valence-electron chi connectivity index (χ0n) is 15.7. The number of amides is 1. The molecule has 9 heteroatoms. The van der Waals surface area contributed by atoms with Crippen LogP contribution in [0, 0.1) is 11.7 Å². The predicted octanol–water partition coefficient (Wildman–Crippen LogP) is 1.78. The van der Waals surface area contributed by atoms with Crippen LogP contribution >= 0.6 is 0 Å². The number of halogens is 1. The first-order valence-corrected chi connectivity index (χ1v) is 10.7. The molecule has 1 aromatic rings. The van der Waals surface area contributed by atoms with Crippen molar-refractivity contribution in [2.24, 2.45) is 5.92 Å². The van der Waals surface area contributed by atoms with Crippen molar-refractivity contribution in [1.82, 2.24) is 4.90 Å². The van der Waals surface area contributed by atoms with E-state index in [0.29, 0.717) is 32.5 Å². The van der Waals surface area contributed by atoms with Gasteiger partial charge in [-0.1, -0.05) is 6.07 Å². The van der Waals surface area contributed by atoms with Gasteiger partial charge in [-0.15, -0.1) is 0 Å². The average molecular weight is 400 g/mol. The standard InChI is InChI=1S/C18H25FN2O5S/c1-4-26-18(23)14-8-10-20(11-9-14)17(22)13(2)21(27(3,24)25)16-7-5-6-15(19)12-16/h5-7,12-14H,4,8-11H2,1-3H3/t13-/m0/s1. The lowest BCUT2D eigenvalue weighted by Crippen LogP contribution is -2.51. The predicted molar refractivity (Wildman–Crippen MR) is 99.1 cm³/mol. The number of rotatable bonds is 6. The number of sulfonamides is 1. The number of likely N-dealkylation sites (tertiary alicyclic amines) is 1. The topological polar surface area (TPSA) is 84.0 Å². The van der Waals surface area contributed by atoms with Gasteiger partial charge in [-0.3, -0.25) is 13.9 Å². The second kappa shape index (κ2) is 8.69. The zero-order chi connectivity index (χ0) is 20.2. The third-order valence-corrected chi connectivity index (χ3v) is 5.80. The molecule has 2 rings (SSSR count). The molecule has 0 saturated carbocycles. The molecule has 1 aliphatic heterocycles. The van der Waals surface area contributed by atoms with Crippen LogP contribution in [-0.4, -0.2) is 57.2 Å². The Kier molecular flexibility index (Phi) is 6.80. The Bertz CT molecular complexity index is 791. The second-order valence-electron chi connectivity index (χ2n) is 6.57. The van der Waals surface area contributed by atoms with Crippen molar-refractivity contribution in [3.8, 4) is 0 Å². The molecule has 7 nitrogen and oxygen atoms in total. The van der Waals surface area contributed by atoms with Crippen LogP contribution < -0.4 is 4.31 Å². The van der Waals surface area contributed by atoms with Gasteiger partial charge in [0.05, 0.1) is 24.5 Å². The summed E-state index contributed by atoms with van der Waals surface area (Å²) in [7, 11) is -3.80. The van der Waals surface area contributed by atoms with Gasteiger partial charge in [-0.25, -0.2) is 12.8 Å². The maximum Gasteiger partial charge on any atom is 0.309 e. The molecule has 1 aliphatic rings. The maximum atomic E-state index is 13.6. The molecule has 0 N–H and O–H groups in total. The fourth-order valence-corrected chi connectivity index (χ4v) is 4.44. The Balaban J connectivity index is 2.13. The number of hydrogen-bond donors (Lipinski definition) is 0. The number of ether oxygens (including phenoxy) is 1. The van der Waals surface area contributed by atoms with Crippen LogP contribution in [0.2, 0.25) is 0 Å². The molecule has 1 atom stereocenters. The number of esters is 1. The normalized spacial score (nSPS) is 16.7. The van der Waals surface area contributed by atoms with E-state index in [4.69, 9.17) is 4.74 Å². The molecule has 1 heterocycles. The minimum atomic E-state index is -3.80. The number of carbonyl (C=O) groups excluding carboxylic acids is 2. The first-order chi connectivity index (χ1) is 12.6. The summed E-state index contributed by atoms with van der Waals surface area (Å²) in [5.74, 6) is -1.49. The Morgan fingerprint density at radius 2 is 1.96 bits per heavy atom. The van der Waals surface area contributed by atoms with Gasteiger partial charge < -0.3 is 9.64 Å². The number of hydrogen-bond acceptors (Lipinski definition) is 5. The fourth-order valence-electron chi connectivity index (χ4n) is 3.28. The van der Waals surface area contributed by atoms with E-state index in [9.17, 15) is 22.4 Å². The van der Waals surface area contributed by atoms with E-state index in [0.717, 1.165) is 16.6 Å². The Hall–Kier alpha value is -2.16. The summed E-state index contributed by atoms with van der Waals surface area (Å²) in [6.07, 6.45) is 1.92. The van der Waals surface area contributed by atoms with Crippen LogP contribution in [0.5, 0.6) is 0 Å². The molecule has 0 radical (unpaired) electrons. The van der Waals surface area contributed by atoms with Crippen LogP contribution in [0.4, 0.5) is 10.1 Å². The average Bonchev–Trinajstić information content (AvgIpc) is 2.60. The lowest BCUT2D eigenvalue weighted by molar-refractivity contribution is -0.151. The fraction of sp³-hybridized carbons (Fsp3) is 0.556. The van der Waals surface area contributed by atoms with Crippen molar-refractivity contribution in [1.29, 1.82) is 0 Å². The van der Waals surface area contributed by atoms with Crippen molar-refractivity contribution in [3.63, 3.8) is 0 Å². The first-order valence-electron chi connectivity index (χ1n) is 8.85. The second-order valence-corrected chi connectivity index (χ2v) is 8.43. The number of piperidine rings is 1. The number of anilines is 1. The van der Waals surface area contributed by atoms with E-state index in [-0.39, 0.29) is 23.5 Å². The van der Waals surface area contributed by atoms with Gasteiger partial charge >= 0.3 is 5.97 Å². The third kappa shape index (κ3) is 5.18. The van der Waals surface area contributed by atoms with Gasteiger partial charge in [0.2, 0.25) is 15.9 Å². The van der Waals surface area contributed by atoms with E-state index in [1.54, 1.807) is 6.92 Å². The SMILES string of the molecule is CCOC(=O)C1CCN(C(=O)[C@H](C)N(c2cccc(F)c2)S(C)(=O)=O)CC1. The highest BCUT2D eigenvalue weighted by atomic mass is 32.2. The lowest BCUT2D eigenvalue weighted by atomic mass is 9.96. The molecule has 1 aromatic carbocycles. The molecule has 0 bridgehead atoms. The van der Waals surface area contributed by atoms with E-state index in [1.165, 1.54) is 30.0 Å². The molecule has 1 saturated heterocycles. The van der Waals surface area contributed by atoms with Crippen molar-refractivity contribution in [3.05, 3.63) is 30.1 Å². The molecule has 0 aliphatic carbocycles. The molecule has 1 amide bonds. The van der Waals surface area contributed by atoms with Gasteiger partial charge in [0, 0.05) is 13.1 Å². The zero-order valence-corrected chi connectivity index (χ0v) is 16.5. The number of nitrogens with zero attached hydrogens (tertiary/aromatic N) is 2. The lowest BCUT2D eigenvalue weighted by Gasteiger charge is -2.36. The minimum absolute atomic E-state index is 0.0970. The molecule has 1 fully saturated rings. The quantitative estimate of drug-likeness (QED) is 0.680. The summed E-state index contributed by atoms with van der Waals surface area (Å²) in [6.45, 7) is 4.21. The van der Waals surface area contributed by atoms with E-state index in [1.807, 2.05) is 0 Å². The van der Waals surface area contributed by atoms with Crippen LogP contribution in [0.15, 0.2) is 24.3 Å². The molecule has 150 valence electrons. The molecule has 0 aromatic heterocycles. The van der Waals surface area contributed by atoms with Gasteiger partial charge in [0.15, 0.2) is 0 Å². The summed E-state index contributed by atoms with van der Waals surface area (Å²) in [6, 6.07) is 4.10. The van der Waals surface area contributed by atoms with Crippen molar-refractivity contribution < 1.29 is 27.1 Å². The number of carbonyl (C=O) groups is 2. The highest BCUT2D eigenvalue weighted by Gasteiger charge is 2.35. The summed E-state index contributed by atoms with van der Waals surface area (Å²) >= 11 is 0. The van der Waals surface area contributed by atoms with Gasteiger partial charge in [0.1, 0.15) is 11.9 Å². The molecule has 27 heavy (non-hydrogen) atoms. The summed E-state index contributed by atoms with van der Waals surface area (Å²) in [5, 5.41) is 0. The minimum Gasteiger partial charge on any atom is -0.466 e. The van der Waals surface area contributed by atoms with Gasteiger partial charge in [-0.2, -0.15) is 0 Å². The van der Waals surface area contributed by atoms with Crippen LogP contribution in [-0.2, 0) is 24.3 Å². The largest absolute Gasteiger partial charge is 0.466 e. The molecule has 0 spiro atoms. The van der Waals surface area contributed by atoms with Crippen molar-refractivity contribution >= 4 is 27.6 Å². The van der Waals surface area contributed by atoms with E-state index >= 15 is 0 Å². The van der Waals surface area contributed by atoms with Crippen LogP contribution in [0.1, 0.15) is 26.7 Å². The van der Waals surface area contributed by atoms with Crippen LogP contribution in [0.3, 0.4) is 0 Å². The molecular weight excluding hydrogens is 375 g/mol. The van der Waals surface area contributed by atoms with E-state index in [2.05, 4.69) is 0 Å². The first kappa shape index (κ1) is 21.1. The summed E-state index contributed by atoms with van der Waals surface area (Å²) < 4.78 is 44.0. The smallest absolute Gasteiger partial charge is 0.309 e. The molecular formula is C18H25FN2O5S. The number of benzene rings is 1. The maximum absolute atomic E-state index is 13.6. The van der Waals surface area contributed by atoms with Crippen molar-refractivity contribution in [2.45, 2.75) is 32.7 Å². The Morgan fingerprint density at radius 3 is 2.48 bits per heavy atom. The monoisotopic (exact) mass is 400 g/mol. The van der Waals surface area contributed by atoms with Crippen molar-refractivity contribution in [2.75, 3.05) is 30.3 Å². The van der Waals surface area contributed by atoms with Gasteiger partial charge in [-0.05, 0) is 44.9 Å². The Labute approximate surface area is 159 Å². The highest BCUT2D eigenvalue weighted by molar-refractivity contribution is 7.92. The highest BCUT2D eigenvalue weighted by Crippen LogP contribution is 2.25. The summed E-state index contributed by atoms with van der Waals surface area (Å²) in [5.41, 5.74) is 0.0970. The summed E-state index contributed by atoms with van der Waals surface area (Å²) in [4.78, 5) is 26.2. The third-order valence-electron chi connectivity index (χ3n) is 4.56. The van der Waals surface area contributed by atoms with Crippen LogP contribution in [0.25, 0.3) is 0 Å².